The molecule has 0 aromatic carbocycles. The Kier molecular flexibility index (Phi) is 19.3. The highest BCUT2D eigenvalue weighted by molar-refractivity contribution is 5.85. The highest BCUT2D eigenvalue weighted by Crippen LogP contribution is 1.67. The molecule has 5 N–H and O–H groups in total. The normalized spacial score (nSPS) is 6.44. The second-order valence-electron chi connectivity index (χ2n) is 1.11. The summed E-state index contributed by atoms with van der Waals surface area (Å²) >= 11 is 0. The molecular formula is C3H11Cl2N3O. The minimum absolute atomic E-state index is 0. The average Bonchev–Trinajstić information content (AvgIpc) is 1.68. The van der Waals surface area contributed by atoms with Crippen molar-refractivity contribution < 1.29 is 4.79 Å². The van der Waals surface area contributed by atoms with Crippen LogP contribution in [0, 0.1) is 0 Å². The summed E-state index contributed by atoms with van der Waals surface area (Å²) in [5.41, 5.74) is 6.94. The lowest BCUT2D eigenvalue weighted by Gasteiger charge is -1.91. The molecule has 9 heavy (non-hydrogen) atoms. The second-order valence-corrected chi connectivity index (χ2v) is 1.11. The van der Waals surface area contributed by atoms with Crippen molar-refractivity contribution in [3.63, 3.8) is 0 Å². The molecule has 0 heterocycles. The Morgan fingerprint density at radius 3 is 2.00 bits per heavy atom. The summed E-state index contributed by atoms with van der Waals surface area (Å²) in [7, 11) is 0. The quantitative estimate of drug-likeness (QED) is 0.291. The van der Waals surface area contributed by atoms with E-state index >= 15 is 0 Å². The molecule has 0 aliphatic carbocycles. The molecule has 0 aliphatic rings. The highest BCUT2D eigenvalue weighted by atomic mass is 35.5. The monoisotopic (exact) mass is 175 g/mol. The first-order valence-electron chi connectivity index (χ1n) is 2.00. The molecular weight excluding hydrogens is 165 g/mol. The third-order valence-electron chi connectivity index (χ3n) is 0.532. The Hall–Kier alpha value is -0.0300. The number of carbonyl (C=O) groups excluding carboxylic acids is 1. The van der Waals surface area contributed by atoms with Crippen LogP contribution in [0.1, 0.15) is 6.42 Å². The highest BCUT2D eigenvalue weighted by Gasteiger charge is 1.90. The number of nitrogens with one attached hydrogen (secondary N) is 1. The molecule has 0 atom stereocenters. The van der Waals surface area contributed by atoms with E-state index in [1.165, 1.54) is 0 Å². The standard InChI is InChI=1S/C3H9N3O.2ClH/c4-2-1-3(7)6-5;;/h1-2,4-5H2,(H,6,7);2*1H. The Bertz CT molecular complexity index is 70.1. The number of hydrogen-bond donors (Lipinski definition) is 3. The molecule has 0 aromatic heterocycles. The molecule has 0 saturated heterocycles. The van der Waals surface area contributed by atoms with E-state index in [2.05, 4.69) is 0 Å². The smallest absolute Gasteiger partial charge is 0.235 e. The first-order valence-corrected chi connectivity index (χ1v) is 2.00. The van der Waals surface area contributed by atoms with Crippen molar-refractivity contribution in [3.8, 4) is 0 Å². The van der Waals surface area contributed by atoms with Crippen LogP contribution in [0.4, 0.5) is 0 Å². The first-order chi connectivity index (χ1) is 3.31. The van der Waals surface area contributed by atoms with Crippen LogP contribution in [0.25, 0.3) is 0 Å². The summed E-state index contributed by atoms with van der Waals surface area (Å²) in [6, 6.07) is 0. The van der Waals surface area contributed by atoms with E-state index in [1.54, 1.807) is 0 Å². The summed E-state index contributed by atoms with van der Waals surface area (Å²) in [5.74, 6) is 4.48. The van der Waals surface area contributed by atoms with Crippen molar-refractivity contribution in [2.75, 3.05) is 6.54 Å². The Labute approximate surface area is 66.1 Å². The predicted molar refractivity (Wildman–Crippen MR) is 40.5 cm³/mol. The largest absolute Gasteiger partial charge is 0.330 e. The molecule has 0 saturated carbocycles. The average molecular weight is 176 g/mol. The van der Waals surface area contributed by atoms with Crippen LogP contribution in [0.15, 0.2) is 0 Å². The van der Waals surface area contributed by atoms with Gasteiger partial charge in [-0.1, -0.05) is 0 Å². The van der Waals surface area contributed by atoms with Gasteiger partial charge >= 0.3 is 0 Å². The summed E-state index contributed by atoms with van der Waals surface area (Å²) in [6.07, 6.45) is 0.302. The number of amides is 1. The van der Waals surface area contributed by atoms with Gasteiger partial charge in [0.1, 0.15) is 0 Å². The molecule has 6 heteroatoms. The molecule has 0 fully saturated rings. The minimum Gasteiger partial charge on any atom is -0.330 e. The number of nitrogens with two attached hydrogens (primary N) is 2. The van der Waals surface area contributed by atoms with E-state index in [-0.39, 0.29) is 30.7 Å². The Morgan fingerprint density at radius 1 is 1.44 bits per heavy atom. The number of carbonyl (C=O) groups is 1. The van der Waals surface area contributed by atoms with Crippen LogP contribution >= 0.6 is 24.8 Å². The van der Waals surface area contributed by atoms with Crippen LogP contribution in [0.3, 0.4) is 0 Å². The van der Waals surface area contributed by atoms with Gasteiger partial charge in [0.15, 0.2) is 0 Å². The maximum Gasteiger partial charge on any atom is 0.235 e. The van der Waals surface area contributed by atoms with E-state index in [9.17, 15) is 4.79 Å². The fourth-order valence-electron chi connectivity index (χ4n) is 0.203. The number of hydrazine groups is 1. The maximum atomic E-state index is 10.1. The third kappa shape index (κ3) is 11.5. The van der Waals surface area contributed by atoms with Crippen LogP contribution in [0.5, 0.6) is 0 Å². The Balaban J connectivity index is -0.000000180. The van der Waals surface area contributed by atoms with Gasteiger partial charge in [-0.15, -0.1) is 24.8 Å². The van der Waals surface area contributed by atoms with Gasteiger partial charge in [0.2, 0.25) is 5.91 Å². The van der Waals surface area contributed by atoms with E-state index in [1.807, 2.05) is 5.43 Å². The van der Waals surface area contributed by atoms with E-state index in [0.717, 1.165) is 0 Å². The summed E-state index contributed by atoms with van der Waals surface area (Å²) in [4.78, 5) is 10.1. The SMILES string of the molecule is Cl.Cl.NCCC(=O)NN. The zero-order chi connectivity index (χ0) is 5.70. The van der Waals surface area contributed by atoms with Crippen molar-refractivity contribution >= 4 is 30.7 Å². The number of rotatable bonds is 2. The molecule has 0 spiro atoms. The van der Waals surface area contributed by atoms with Gasteiger partial charge in [0.25, 0.3) is 0 Å². The van der Waals surface area contributed by atoms with E-state index in [4.69, 9.17) is 11.6 Å². The molecule has 1 amide bonds. The van der Waals surface area contributed by atoms with Crippen LogP contribution in [-0.2, 0) is 4.79 Å². The van der Waals surface area contributed by atoms with Gasteiger partial charge < -0.3 is 5.73 Å². The van der Waals surface area contributed by atoms with Gasteiger partial charge in [-0.05, 0) is 0 Å². The zero-order valence-electron chi connectivity index (χ0n) is 4.79. The van der Waals surface area contributed by atoms with Gasteiger partial charge in [-0.2, -0.15) is 0 Å². The molecule has 58 valence electrons. The fraction of sp³-hybridized carbons (Fsp3) is 0.667. The molecule has 0 aliphatic heterocycles. The van der Waals surface area contributed by atoms with Crippen molar-refractivity contribution in [3.05, 3.63) is 0 Å². The molecule has 0 rings (SSSR count). The lowest BCUT2D eigenvalue weighted by Crippen LogP contribution is -2.31. The predicted octanol–water partition coefficient (Wildman–Crippen LogP) is -0.831. The van der Waals surface area contributed by atoms with Gasteiger partial charge in [0, 0.05) is 13.0 Å². The zero-order valence-corrected chi connectivity index (χ0v) is 6.43. The van der Waals surface area contributed by atoms with Crippen molar-refractivity contribution in [2.24, 2.45) is 11.6 Å². The van der Waals surface area contributed by atoms with E-state index in [0.29, 0.717) is 13.0 Å². The summed E-state index contributed by atoms with van der Waals surface area (Å²) in [6.45, 7) is 0.350. The lowest BCUT2D eigenvalue weighted by molar-refractivity contribution is -0.120. The van der Waals surface area contributed by atoms with E-state index < -0.39 is 0 Å². The number of hydrogen-bond acceptors (Lipinski definition) is 3. The minimum atomic E-state index is -0.220. The Morgan fingerprint density at radius 2 is 1.89 bits per heavy atom. The summed E-state index contributed by atoms with van der Waals surface area (Å²) < 4.78 is 0. The van der Waals surface area contributed by atoms with Crippen LogP contribution in [0.2, 0.25) is 0 Å². The van der Waals surface area contributed by atoms with Crippen molar-refractivity contribution in [2.45, 2.75) is 6.42 Å². The van der Waals surface area contributed by atoms with Gasteiger partial charge in [-0.3, -0.25) is 10.2 Å². The number of halogens is 2. The molecule has 0 unspecified atom stereocenters. The first kappa shape index (κ1) is 16.0. The fourth-order valence-corrected chi connectivity index (χ4v) is 0.203. The van der Waals surface area contributed by atoms with Crippen molar-refractivity contribution in [1.29, 1.82) is 0 Å². The summed E-state index contributed by atoms with van der Waals surface area (Å²) in [5, 5.41) is 0. The van der Waals surface area contributed by atoms with Crippen molar-refractivity contribution in [1.82, 2.24) is 5.43 Å². The lowest BCUT2D eigenvalue weighted by atomic mass is 10.4. The third-order valence-corrected chi connectivity index (χ3v) is 0.532. The molecule has 0 bridgehead atoms. The molecule has 4 nitrogen and oxygen atoms in total. The molecule has 0 aromatic rings. The second kappa shape index (κ2) is 10.9. The topological polar surface area (TPSA) is 81.1 Å². The molecule has 0 radical (unpaired) electrons. The van der Waals surface area contributed by atoms with Crippen LogP contribution in [-0.4, -0.2) is 12.5 Å². The van der Waals surface area contributed by atoms with Crippen LogP contribution < -0.4 is 17.0 Å². The maximum absolute atomic E-state index is 10.1. The van der Waals surface area contributed by atoms with Gasteiger partial charge in [-0.25, -0.2) is 5.84 Å². The van der Waals surface area contributed by atoms with Gasteiger partial charge in [0.05, 0.1) is 0 Å².